The van der Waals surface area contributed by atoms with Crippen LogP contribution >= 0.6 is 7.60 Å². The monoisotopic (exact) mass is 243 g/mol. The summed E-state index contributed by atoms with van der Waals surface area (Å²) in [5, 5.41) is 0.455. The van der Waals surface area contributed by atoms with E-state index in [2.05, 4.69) is 0 Å². The van der Waals surface area contributed by atoms with Gasteiger partial charge in [0.2, 0.25) is 0 Å². The van der Waals surface area contributed by atoms with Crippen LogP contribution in [0, 0.1) is 6.92 Å². The quantitative estimate of drug-likeness (QED) is 0.637. The highest BCUT2D eigenvalue weighted by atomic mass is 31.2. The van der Waals surface area contributed by atoms with Crippen LogP contribution in [0.3, 0.4) is 0 Å². The van der Waals surface area contributed by atoms with Gasteiger partial charge in [0.15, 0.2) is 0 Å². The van der Waals surface area contributed by atoms with Crippen LogP contribution in [0.4, 0.5) is 5.69 Å². The highest BCUT2D eigenvalue weighted by Gasteiger charge is 2.28. The Bertz CT molecular complexity index is 396. The molecule has 0 heterocycles. The summed E-state index contributed by atoms with van der Waals surface area (Å²) >= 11 is 0. The van der Waals surface area contributed by atoms with Crippen LogP contribution in [-0.4, -0.2) is 13.2 Å². The molecule has 0 amide bonds. The summed E-state index contributed by atoms with van der Waals surface area (Å²) in [5.41, 5.74) is 7.22. The Kier molecular flexibility index (Phi) is 4.54. The van der Waals surface area contributed by atoms with E-state index in [1.807, 2.05) is 13.0 Å². The molecule has 5 heteroatoms. The second-order valence-corrected chi connectivity index (χ2v) is 5.39. The maximum Gasteiger partial charge on any atom is 0.363 e. The Morgan fingerprint density at radius 1 is 1.25 bits per heavy atom. The summed E-state index contributed by atoms with van der Waals surface area (Å²) < 4.78 is 23.0. The van der Waals surface area contributed by atoms with E-state index in [0.29, 0.717) is 24.2 Å². The van der Waals surface area contributed by atoms with E-state index < -0.39 is 7.60 Å². The van der Waals surface area contributed by atoms with Gasteiger partial charge in [-0.25, -0.2) is 0 Å². The standard InChI is InChI=1S/C11H18NO3P/c1-4-14-16(13,15-5-2)11-8-9(3)6-7-10(11)12/h6-8H,4-5,12H2,1-3H3. The first-order chi connectivity index (χ1) is 7.53. The number of aryl methyl sites for hydroxylation is 1. The molecule has 0 saturated heterocycles. The van der Waals surface area contributed by atoms with Crippen molar-refractivity contribution in [1.82, 2.24) is 0 Å². The lowest BCUT2D eigenvalue weighted by Gasteiger charge is -2.19. The van der Waals surface area contributed by atoms with Crippen molar-refractivity contribution in [3.8, 4) is 0 Å². The number of hydrogen-bond acceptors (Lipinski definition) is 4. The Morgan fingerprint density at radius 3 is 2.31 bits per heavy atom. The van der Waals surface area contributed by atoms with Crippen molar-refractivity contribution < 1.29 is 13.6 Å². The third-order valence-electron chi connectivity index (χ3n) is 2.08. The van der Waals surface area contributed by atoms with Crippen molar-refractivity contribution in [3.05, 3.63) is 23.8 Å². The molecule has 0 aliphatic rings. The maximum absolute atomic E-state index is 12.5. The predicted octanol–water partition coefficient (Wildman–Crippen LogP) is 2.47. The summed E-state index contributed by atoms with van der Waals surface area (Å²) in [6.45, 7) is 6.11. The van der Waals surface area contributed by atoms with Gasteiger partial charge in [0, 0.05) is 5.69 Å². The van der Waals surface area contributed by atoms with E-state index >= 15 is 0 Å². The highest BCUT2D eigenvalue weighted by Crippen LogP contribution is 2.48. The van der Waals surface area contributed by atoms with Gasteiger partial charge in [0.05, 0.1) is 18.5 Å². The number of benzene rings is 1. The Morgan fingerprint density at radius 2 is 1.81 bits per heavy atom. The molecule has 0 atom stereocenters. The fourth-order valence-electron chi connectivity index (χ4n) is 1.41. The molecule has 2 N–H and O–H groups in total. The zero-order valence-electron chi connectivity index (χ0n) is 9.90. The van der Waals surface area contributed by atoms with E-state index in [9.17, 15) is 4.57 Å². The van der Waals surface area contributed by atoms with Crippen LogP contribution in [0.1, 0.15) is 19.4 Å². The minimum atomic E-state index is -3.26. The molecule has 0 fully saturated rings. The van der Waals surface area contributed by atoms with Crippen LogP contribution in [-0.2, 0) is 13.6 Å². The molecule has 0 bridgehead atoms. The van der Waals surface area contributed by atoms with Crippen molar-refractivity contribution in [2.24, 2.45) is 0 Å². The minimum Gasteiger partial charge on any atom is -0.398 e. The van der Waals surface area contributed by atoms with Crippen LogP contribution in [0.25, 0.3) is 0 Å². The average Bonchev–Trinajstić information content (AvgIpc) is 2.22. The largest absolute Gasteiger partial charge is 0.398 e. The average molecular weight is 243 g/mol. The SMILES string of the molecule is CCOP(=O)(OCC)c1cc(C)ccc1N. The lowest BCUT2D eigenvalue weighted by molar-refractivity contribution is 0.230. The first-order valence-electron chi connectivity index (χ1n) is 5.29. The summed E-state index contributed by atoms with van der Waals surface area (Å²) in [7, 11) is -3.26. The third-order valence-corrected chi connectivity index (χ3v) is 4.25. The molecule has 1 aromatic rings. The molecule has 0 aliphatic carbocycles. The van der Waals surface area contributed by atoms with E-state index in [4.69, 9.17) is 14.8 Å². The number of hydrogen-bond donors (Lipinski definition) is 1. The highest BCUT2D eigenvalue weighted by molar-refractivity contribution is 7.62. The number of nitrogens with two attached hydrogens (primary N) is 1. The van der Waals surface area contributed by atoms with Gasteiger partial charge in [-0.3, -0.25) is 4.57 Å². The van der Waals surface area contributed by atoms with Crippen LogP contribution in [0.5, 0.6) is 0 Å². The first kappa shape index (κ1) is 13.2. The maximum atomic E-state index is 12.5. The van der Waals surface area contributed by atoms with Gasteiger partial charge in [-0.15, -0.1) is 0 Å². The molecule has 0 unspecified atom stereocenters. The normalized spacial score (nSPS) is 11.7. The Labute approximate surface area is 96.3 Å². The molecule has 0 spiro atoms. The van der Waals surface area contributed by atoms with Crippen molar-refractivity contribution in [3.63, 3.8) is 0 Å². The minimum absolute atomic E-state index is 0.324. The van der Waals surface area contributed by atoms with Crippen LogP contribution in [0.2, 0.25) is 0 Å². The summed E-state index contributed by atoms with van der Waals surface area (Å²) in [6.07, 6.45) is 0. The van der Waals surface area contributed by atoms with Gasteiger partial charge >= 0.3 is 7.60 Å². The fraction of sp³-hybridized carbons (Fsp3) is 0.455. The zero-order valence-corrected chi connectivity index (χ0v) is 10.8. The second-order valence-electron chi connectivity index (χ2n) is 3.40. The van der Waals surface area contributed by atoms with E-state index in [0.717, 1.165) is 5.56 Å². The van der Waals surface area contributed by atoms with Crippen molar-refractivity contribution >= 4 is 18.6 Å². The molecule has 90 valence electrons. The number of nitrogen functional groups attached to an aromatic ring is 1. The lowest BCUT2D eigenvalue weighted by Crippen LogP contribution is -2.15. The molecule has 4 nitrogen and oxygen atoms in total. The van der Waals surface area contributed by atoms with Crippen molar-refractivity contribution in [2.75, 3.05) is 18.9 Å². The van der Waals surface area contributed by atoms with Gasteiger partial charge < -0.3 is 14.8 Å². The smallest absolute Gasteiger partial charge is 0.363 e. The Balaban J connectivity index is 3.20. The lowest BCUT2D eigenvalue weighted by atomic mass is 10.2. The van der Waals surface area contributed by atoms with E-state index in [-0.39, 0.29) is 0 Å². The van der Waals surface area contributed by atoms with Crippen LogP contribution < -0.4 is 11.0 Å². The second kappa shape index (κ2) is 5.48. The molecule has 0 aromatic heterocycles. The van der Waals surface area contributed by atoms with Crippen LogP contribution in [0.15, 0.2) is 18.2 Å². The zero-order chi connectivity index (χ0) is 12.2. The van der Waals surface area contributed by atoms with Gasteiger partial charge in [0.1, 0.15) is 0 Å². The number of rotatable bonds is 5. The summed E-state index contributed by atoms with van der Waals surface area (Å²) in [6, 6.07) is 5.33. The number of anilines is 1. The third kappa shape index (κ3) is 2.85. The van der Waals surface area contributed by atoms with E-state index in [1.54, 1.807) is 26.0 Å². The molecule has 0 saturated carbocycles. The molecular formula is C11H18NO3P. The Hall–Kier alpha value is -0.830. The van der Waals surface area contributed by atoms with Gasteiger partial charge in [0.25, 0.3) is 0 Å². The summed E-state index contributed by atoms with van der Waals surface area (Å²) in [5.74, 6) is 0. The van der Waals surface area contributed by atoms with Gasteiger partial charge in [-0.2, -0.15) is 0 Å². The fourth-order valence-corrected chi connectivity index (χ4v) is 3.19. The molecule has 0 radical (unpaired) electrons. The predicted molar refractivity (Wildman–Crippen MR) is 66.1 cm³/mol. The first-order valence-corrected chi connectivity index (χ1v) is 6.83. The molecule has 1 rings (SSSR count). The molecular weight excluding hydrogens is 225 g/mol. The molecule has 16 heavy (non-hydrogen) atoms. The van der Waals surface area contributed by atoms with Gasteiger partial charge in [-0.05, 0) is 32.9 Å². The molecule has 0 aliphatic heterocycles. The summed E-state index contributed by atoms with van der Waals surface area (Å²) in [4.78, 5) is 0. The van der Waals surface area contributed by atoms with Crippen molar-refractivity contribution in [2.45, 2.75) is 20.8 Å². The van der Waals surface area contributed by atoms with E-state index in [1.165, 1.54) is 0 Å². The van der Waals surface area contributed by atoms with Crippen molar-refractivity contribution in [1.29, 1.82) is 0 Å². The van der Waals surface area contributed by atoms with Gasteiger partial charge in [-0.1, -0.05) is 11.6 Å². The topological polar surface area (TPSA) is 61.5 Å². The molecule has 1 aromatic carbocycles.